The molecule has 5 aliphatic heterocycles. The monoisotopic (exact) mass is 972 g/mol. The van der Waals surface area contributed by atoms with Crippen LogP contribution in [0, 0.1) is 11.8 Å². The van der Waals surface area contributed by atoms with E-state index in [0.29, 0.717) is 65.2 Å². The van der Waals surface area contributed by atoms with Gasteiger partial charge in [-0.3, -0.25) is 9.59 Å². The lowest BCUT2D eigenvalue weighted by Crippen LogP contribution is -2.53. The molecule has 10 rings (SSSR count). The zero-order valence-corrected chi connectivity index (χ0v) is 41.7. The Balaban J connectivity index is 0.924. The molecule has 0 aliphatic carbocycles. The molecule has 0 bridgehead atoms. The van der Waals surface area contributed by atoms with E-state index in [1.165, 1.54) is 19.8 Å². The van der Waals surface area contributed by atoms with Crippen molar-refractivity contribution in [1.82, 2.24) is 40.4 Å². The van der Waals surface area contributed by atoms with Gasteiger partial charge in [0.15, 0.2) is 0 Å². The fourth-order valence-electron chi connectivity index (χ4n) is 12.0. The number of rotatable bonds is 11. The molecule has 71 heavy (non-hydrogen) atoms. The summed E-state index contributed by atoms with van der Waals surface area (Å²) in [5.74, 6) is 1.19. The number of nitrogens with zero attached hydrogens (tertiary/aromatic N) is 5. The highest BCUT2D eigenvalue weighted by Crippen LogP contribution is 2.48. The van der Waals surface area contributed by atoms with Gasteiger partial charge in [0.25, 0.3) is 0 Å². The maximum atomic E-state index is 14.3. The second kappa shape index (κ2) is 20.5. The molecular weight excluding hydrogens is 903 g/mol. The minimum atomic E-state index is -0.704. The van der Waals surface area contributed by atoms with E-state index in [4.69, 9.17) is 28.9 Å². The summed E-state index contributed by atoms with van der Waals surface area (Å²) in [6.07, 6.45) is 6.55. The summed E-state index contributed by atoms with van der Waals surface area (Å²) in [4.78, 5) is 77.5. The fraction of sp³-hybridized carbons (Fsp3) is 0.556. The van der Waals surface area contributed by atoms with Crippen LogP contribution >= 0.6 is 0 Å². The highest BCUT2D eigenvalue weighted by atomic mass is 16.5. The van der Waals surface area contributed by atoms with Crippen LogP contribution in [0.1, 0.15) is 137 Å². The number of aromatic amines is 2. The van der Waals surface area contributed by atoms with Gasteiger partial charge in [0, 0.05) is 45.2 Å². The van der Waals surface area contributed by atoms with E-state index in [2.05, 4.69) is 107 Å². The predicted molar refractivity (Wildman–Crippen MR) is 268 cm³/mol. The van der Waals surface area contributed by atoms with Crippen molar-refractivity contribution in [3.8, 4) is 0 Å². The number of nitrogens with one attached hydrogen (secondary N) is 4. The zero-order chi connectivity index (χ0) is 49.4. The summed E-state index contributed by atoms with van der Waals surface area (Å²) < 4.78 is 21.1. The largest absolute Gasteiger partial charge is 0.453 e. The molecule has 4 N–H and O–H groups in total. The average molecular weight is 972 g/mol. The number of ether oxygens (including phenoxy) is 4. The quantitative estimate of drug-likeness (QED) is 0.0992. The molecule has 4 amide bonds. The first-order chi connectivity index (χ1) is 34.4. The van der Waals surface area contributed by atoms with Crippen molar-refractivity contribution in [3.63, 3.8) is 0 Å². The first-order valence-electron chi connectivity index (χ1n) is 25.7. The van der Waals surface area contributed by atoms with Gasteiger partial charge in [-0.25, -0.2) is 19.6 Å². The molecule has 5 saturated heterocycles. The molecule has 17 nitrogen and oxygen atoms in total. The minimum absolute atomic E-state index is 0.0000376. The molecule has 0 radical (unpaired) electrons. The van der Waals surface area contributed by atoms with Gasteiger partial charge in [-0.05, 0) is 135 Å². The maximum absolute atomic E-state index is 14.3. The van der Waals surface area contributed by atoms with Gasteiger partial charge in [-0.15, -0.1) is 0 Å². The lowest BCUT2D eigenvalue weighted by atomic mass is 9.87. The average Bonchev–Trinajstić information content (AvgIpc) is 4.26. The van der Waals surface area contributed by atoms with Crippen molar-refractivity contribution >= 4 is 51.8 Å². The standard InChI is InChI=1S/C54H69N9O8/c1-54(2,3)36-12-14-37(15-13-36)63-42(34-10-16-38-40(30-34)57-48(55-38)44-8-6-24-61(44)50(64)46(59-52(66)68-4)32-20-26-70-27-21-32)18-19-43(63)35-11-17-39-41(31-35)58-49(56-39)45-9-7-25-62(45)51(65)47(60-53(67)69-5)33-22-28-71-29-23-33/h10-17,30-33,42-47H,6-9,18-29H2,1-5H3,(H,55,57)(H,56,58)(H,59,66)(H,60,67)/t42-,43-,44+,45+,46+,47?/m1/s1. The van der Waals surface area contributed by atoms with Crippen molar-refractivity contribution in [3.05, 3.63) is 89.0 Å². The molecule has 5 aliphatic rings. The Bertz CT molecular complexity index is 2560. The van der Waals surface area contributed by atoms with E-state index in [-0.39, 0.29) is 53.2 Å². The third-order valence-corrected chi connectivity index (χ3v) is 15.9. The summed E-state index contributed by atoms with van der Waals surface area (Å²) >= 11 is 0. The van der Waals surface area contributed by atoms with E-state index in [1.807, 2.05) is 9.80 Å². The maximum Gasteiger partial charge on any atom is 0.407 e. The molecule has 2 aromatic heterocycles. The van der Waals surface area contributed by atoms with Gasteiger partial charge < -0.3 is 54.2 Å². The van der Waals surface area contributed by atoms with Gasteiger partial charge >= 0.3 is 12.2 Å². The third-order valence-electron chi connectivity index (χ3n) is 15.9. The Morgan fingerprint density at radius 1 is 0.606 bits per heavy atom. The van der Waals surface area contributed by atoms with Crippen molar-refractivity contribution in [1.29, 1.82) is 0 Å². The second-order valence-electron chi connectivity index (χ2n) is 21.1. The van der Waals surface area contributed by atoms with Crippen LogP contribution in [0.5, 0.6) is 0 Å². The first kappa shape index (κ1) is 48.4. The molecule has 6 atom stereocenters. The van der Waals surface area contributed by atoms with Crippen molar-refractivity contribution in [2.45, 2.75) is 127 Å². The second-order valence-corrected chi connectivity index (χ2v) is 21.1. The molecule has 0 saturated carbocycles. The number of aromatic nitrogens is 4. The number of hydrogen-bond donors (Lipinski definition) is 4. The molecule has 378 valence electrons. The normalized spacial score (nSPS) is 23.3. The Morgan fingerprint density at radius 2 is 1.04 bits per heavy atom. The molecule has 3 aromatic carbocycles. The number of H-pyrrole nitrogens is 2. The molecule has 7 heterocycles. The number of methoxy groups -OCH3 is 2. The lowest BCUT2D eigenvalue weighted by Gasteiger charge is -2.34. The molecule has 1 unspecified atom stereocenters. The number of anilines is 1. The molecule has 5 fully saturated rings. The predicted octanol–water partition coefficient (Wildman–Crippen LogP) is 8.45. The van der Waals surface area contributed by atoms with Crippen molar-refractivity contribution in [2.24, 2.45) is 11.8 Å². The van der Waals surface area contributed by atoms with E-state index in [0.717, 1.165) is 89.1 Å². The number of amides is 4. The third kappa shape index (κ3) is 9.91. The van der Waals surface area contributed by atoms with Crippen molar-refractivity contribution < 1.29 is 38.1 Å². The van der Waals surface area contributed by atoms with E-state index >= 15 is 0 Å². The van der Waals surface area contributed by atoms with Crippen LogP contribution in [-0.2, 0) is 34.0 Å². The van der Waals surface area contributed by atoms with Crippen LogP contribution < -0.4 is 15.5 Å². The molecule has 0 spiro atoms. The number of likely N-dealkylation sites (tertiary alicyclic amines) is 2. The van der Waals surface area contributed by atoms with E-state index < -0.39 is 24.3 Å². The number of fused-ring (bicyclic) bond motifs is 2. The molecular formula is C54H69N9O8. The summed E-state index contributed by atoms with van der Waals surface area (Å²) in [5.41, 5.74) is 8.24. The van der Waals surface area contributed by atoms with Gasteiger partial charge in [-0.2, -0.15) is 0 Å². The van der Waals surface area contributed by atoms with Gasteiger partial charge in [0.05, 0.1) is 60.5 Å². The number of alkyl carbamates (subject to hydrolysis) is 2. The Hall–Kier alpha value is -6.20. The van der Waals surface area contributed by atoms with Gasteiger partial charge in [0.2, 0.25) is 11.8 Å². The summed E-state index contributed by atoms with van der Waals surface area (Å²) in [5, 5.41) is 5.72. The smallest absolute Gasteiger partial charge is 0.407 e. The van der Waals surface area contributed by atoms with E-state index in [1.54, 1.807) is 0 Å². The molecule has 17 heteroatoms. The van der Waals surface area contributed by atoms with Crippen LogP contribution in [0.2, 0.25) is 0 Å². The molecule has 5 aromatic rings. The highest BCUT2D eigenvalue weighted by molar-refractivity contribution is 5.88. The number of hydrogen-bond acceptors (Lipinski definition) is 11. The van der Waals surface area contributed by atoms with Crippen LogP contribution in [0.15, 0.2) is 60.7 Å². The fourth-order valence-corrected chi connectivity index (χ4v) is 12.0. The Labute approximate surface area is 415 Å². The Morgan fingerprint density at radius 3 is 1.45 bits per heavy atom. The Kier molecular flexibility index (Phi) is 14.0. The number of carbonyl (C=O) groups is 4. The zero-order valence-electron chi connectivity index (χ0n) is 41.7. The van der Waals surface area contributed by atoms with E-state index in [9.17, 15) is 19.2 Å². The van der Waals surface area contributed by atoms with Crippen LogP contribution in [0.3, 0.4) is 0 Å². The summed E-state index contributed by atoms with van der Waals surface area (Å²) in [6.45, 7) is 10.1. The summed E-state index contributed by atoms with van der Waals surface area (Å²) in [6, 6.07) is 20.2. The van der Waals surface area contributed by atoms with Crippen LogP contribution in [0.4, 0.5) is 15.3 Å². The number of imidazole rings is 2. The highest BCUT2D eigenvalue weighted by Gasteiger charge is 2.43. The summed E-state index contributed by atoms with van der Waals surface area (Å²) in [7, 11) is 2.64. The first-order valence-corrected chi connectivity index (χ1v) is 25.7. The van der Waals surface area contributed by atoms with Crippen molar-refractivity contribution in [2.75, 3.05) is 58.6 Å². The SMILES string of the molecule is COC(=O)NC(C(=O)N1CCC[C@H]1c1nc2cc([C@H]3CC[C@H](c4ccc5[nH]c([C@@H]6CCCN6C(=O)[C@@H](NC(=O)OC)C6CCOCC6)nc5c4)N3c3ccc(C(C)(C)C)cc3)ccc2[nH]1)C1CCOCC1. The van der Waals surface area contributed by atoms with Crippen LogP contribution in [-0.4, -0.2) is 120 Å². The number of benzene rings is 3. The van der Waals surface area contributed by atoms with Gasteiger partial charge in [0.1, 0.15) is 23.7 Å². The minimum Gasteiger partial charge on any atom is -0.453 e. The van der Waals surface area contributed by atoms with Crippen LogP contribution in [0.25, 0.3) is 22.1 Å². The number of carbonyl (C=O) groups excluding carboxylic acids is 4. The lowest BCUT2D eigenvalue weighted by molar-refractivity contribution is -0.137. The topological polar surface area (TPSA) is 196 Å². The van der Waals surface area contributed by atoms with Gasteiger partial charge in [-0.1, -0.05) is 45.0 Å².